The number of fused-ring (bicyclic) bond motifs is 1. The third kappa shape index (κ3) is 16.0. The van der Waals surface area contributed by atoms with E-state index in [-0.39, 0.29) is 28.9 Å². The first kappa shape index (κ1) is 36.3. The van der Waals surface area contributed by atoms with Gasteiger partial charge in [-0.05, 0) is 74.9 Å². The number of ketones is 1. The number of halogens is 1. The number of rotatable bonds is 4. The van der Waals surface area contributed by atoms with Crippen molar-refractivity contribution in [3.05, 3.63) is 71.3 Å². The van der Waals surface area contributed by atoms with Crippen LogP contribution in [0.5, 0.6) is 5.75 Å². The van der Waals surface area contributed by atoms with E-state index in [0.29, 0.717) is 13.0 Å². The van der Waals surface area contributed by atoms with E-state index in [0.717, 1.165) is 28.5 Å². The Morgan fingerprint density at radius 3 is 2.05 bits per heavy atom. The molecule has 1 aromatic heterocycles. The predicted octanol–water partition coefficient (Wildman–Crippen LogP) is 7.00. The number of aryl methyl sites for hydroxylation is 2. The largest absolute Gasteiger partial charge is 0.507 e. The smallest absolute Gasteiger partial charge is 0.341 e. The maximum atomic E-state index is 12.7. The topological polar surface area (TPSA) is 103 Å². The van der Waals surface area contributed by atoms with Crippen molar-refractivity contribution >= 4 is 28.5 Å². The second kappa shape index (κ2) is 21.3. The molecule has 0 aliphatic carbocycles. The number of carbonyl (C=O) groups is 3. The number of carbonyl (C=O) groups excluding carboxylic acids is 3. The van der Waals surface area contributed by atoms with Crippen LogP contribution < -0.4 is 0 Å². The van der Waals surface area contributed by atoms with Gasteiger partial charge in [-0.15, -0.1) is 0 Å². The molecule has 2 aromatic carbocycles. The summed E-state index contributed by atoms with van der Waals surface area (Å²) in [6.45, 7) is 14.8. The van der Waals surface area contributed by atoms with Gasteiger partial charge in [0.2, 0.25) is 0 Å². The number of aromatic nitrogens is 1. The van der Waals surface area contributed by atoms with E-state index < -0.39 is 5.97 Å². The molecule has 210 valence electrons. The van der Waals surface area contributed by atoms with Gasteiger partial charge in [-0.25, -0.2) is 9.18 Å². The molecule has 8 heteroatoms. The molecule has 0 saturated carbocycles. The summed E-state index contributed by atoms with van der Waals surface area (Å²) in [5.74, 6) is -0.709. The van der Waals surface area contributed by atoms with Gasteiger partial charge in [-0.1, -0.05) is 39.8 Å². The fourth-order valence-corrected chi connectivity index (χ4v) is 2.62. The first-order valence-corrected chi connectivity index (χ1v) is 12.5. The van der Waals surface area contributed by atoms with E-state index in [9.17, 15) is 23.9 Å². The van der Waals surface area contributed by atoms with E-state index in [2.05, 4.69) is 14.5 Å². The van der Waals surface area contributed by atoms with Crippen molar-refractivity contribution in [2.24, 2.45) is 0 Å². The second-order valence-electron chi connectivity index (χ2n) is 7.72. The zero-order valence-electron chi connectivity index (χ0n) is 24.1. The predicted molar refractivity (Wildman–Crippen MR) is 150 cm³/mol. The molecule has 0 unspecified atom stereocenters. The zero-order chi connectivity index (χ0) is 29.7. The first-order valence-electron chi connectivity index (χ1n) is 12.5. The van der Waals surface area contributed by atoms with Crippen molar-refractivity contribution in [2.45, 2.75) is 68.2 Å². The summed E-state index contributed by atoms with van der Waals surface area (Å²) in [6.07, 6.45) is 3.35. The van der Waals surface area contributed by atoms with E-state index in [1.54, 1.807) is 30.5 Å². The Bertz CT molecular complexity index is 1090. The molecule has 3 aromatic rings. The maximum Gasteiger partial charge on any atom is 0.341 e. The molecule has 38 heavy (non-hydrogen) atoms. The Hall–Kier alpha value is -3.81. The van der Waals surface area contributed by atoms with Crippen LogP contribution in [0.15, 0.2) is 48.7 Å². The number of benzene rings is 2. The molecule has 7 nitrogen and oxygen atoms in total. The van der Waals surface area contributed by atoms with Crippen molar-refractivity contribution in [3.63, 3.8) is 0 Å². The molecule has 1 N–H and O–H groups in total. The summed E-state index contributed by atoms with van der Waals surface area (Å²) in [7, 11) is 1.29. The first-order chi connectivity index (χ1) is 18.0. The minimum atomic E-state index is -0.507. The summed E-state index contributed by atoms with van der Waals surface area (Å²) < 4.78 is 21.8. The van der Waals surface area contributed by atoms with Crippen molar-refractivity contribution in [1.82, 2.24) is 4.98 Å². The Labute approximate surface area is 226 Å². The highest BCUT2D eigenvalue weighted by Crippen LogP contribution is 2.23. The van der Waals surface area contributed by atoms with Gasteiger partial charge in [0, 0.05) is 24.2 Å². The average molecular weight is 532 g/mol. The number of nitrogens with zero attached hydrogens (tertiary/aromatic N) is 1. The Morgan fingerprint density at radius 2 is 1.58 bits per heavy atom. The number of methoxy groups -OCH3 is 1. The van der Waals surface area contributed by atoms with Gasteiger partial charge >= 0.3 is 11.9 Å². The summed E-state index contributed by atoms with van der Waals surface area (Å²) in [4.78, 5) is 34.7. The molecule has 0 amide bonds. The summed E-state index contributed by atoms with van der Waals surface area (Å²) in [5, 5.41) is 11.5. The van der Waals surface area contributed by atoms with Crippen LogP contribution in [-0.2, 0) is 25.5 Å². The van der Waals surface area contributed by atoms with E-state index >= 15 is 0 Å². The monoisotopic (exact) mass is 531 g/mol. The highest BCUT2D eigenvalue weighted by atomic mass is 19.1. The average Bonchev–Trinajstić information content (AvgIpc) is 2.88. The van der Waals surface area contributed by atoms with Crippen molar-refractivity contribution in [2.75, 3.05) is 13.7 Å². The molecule has 0 aliphatic rings. The number of pyridine rings is 1. The minimum absolute atomic E-state index is 0.0249. The summed E-state index contributed by atoms with van der Waals surface area (Å²) in [5.41, 5.74) is 1.89. The van der Waals surface area contributed by atoms with Crippen LogP contribution in [0.1, 0.15) is 76.5 Å². The molecule has 1 heterocycles. The quantitative estimate of drug-likeness (QED) is 0.361. The molecule has 0 spiro atoms. The third-order valence-corrected chi connectivity index (χ3v) is 4.24. The molecular weight excluding hydrogens is 489 g/mol. The van der Waals surface area contributed by atoms with Gasteiger partial charge in [0.05, 0.1) is 13.7 Å². The molecule has 3 rings (SSSR count). The Kier molecular flexibility index (Phi) is 20.4. The standard InChI is InChI=1S/C10H8FN.C10H12O3.C5H10O2.C3H6O.C2H6/c1-7-4-9-5-10(11)3-2-8(9)6-12-7;1-3-7-5-4-6-8(9(7)11)10(12)13-2;1-3-4-7-5(2)6;1-3(2)4;1-2/h2-6H,1H3;4-6,11H,3H2,1-2H3;3-4H2,1-2H3;1-2H3;1-2H3. The molecular formula is C30H42FNO6. The van der Waals surface area contributed by atoms with Gasteiger partial charge in [0.25, 0.3) is 0 Å². The molecule has 0 aliphatic heterocycles. The minimum Gasteiger partial charge on any atom is -0.507 e. The van der Waals surface area contributed by atoms with Crippen LogP contribution in [0, 0.1) is 12.7 Å². The number of para-hydroxylation sites is 1. The lowest BCUT2D eigenvalue weighted by Gasteiger charge is -2.05. The van der Waals surface area contributed by atoms with Gasteiger partial charge < -0.3 is 19.4 Å². The maximum absolute atomic E-state index is 12.7. The van der Waals surface area contributed by atoms with Gasteiger partial charge in [-0.2, -0.15) is 0 Å². The van der Waals surface area contributed by atoms with Crippen LogP contribution in [0.4, 0.5) is 4.39 Å². The number of phenolic OH excluding ortho intramolecular Hbond substituents is 1. The zero-order valence-corrected chi connectivity index (χ0v) is 24.1. The van der Waals surface area contributed by atoms with E-state index in [1.807, 2.05) is 40.7 Å². The van der Waals surface area contributed by atoms with Gasteiger partial charge in [0.15, 0.2) is 0 Å². The van der Waals surface area contributed by atoms with Crippen LogP contribution in [0.2, 0.25) is 0 Å². The normalized spacial score (nSPS) is 9.00. The van der Waals surface area contributed by atoms with Gasteiger partial charge in [-0.3, -0.25) is 9.78 Å². The summed E-state index contributed by atoms with van der Waals surface area (Å²) >= 11 is 0. The van der Waals surface area contributed by atoms with E-state index in [4.69, 9.17) is 0 Å². The fourth-order valence-electron chi connectivity index (χ4n) is 2.62. The lowest BCUT2D eigenvalue weighted by Crippen LogP contribution is -2.02. The molecule has 0 atom stereocenters. The fraction of sp³-hybridized carbons (Fsp3) is 0.400. The molecule has 0 bridgehead atoms. The molecule has 0 saturated heterocycles. The Morgan fingerprint density at radius 1 is 0.974 bits per heavy atom. The van der Waals surface area contributed by atoms with Crippen LogP contribution in [0.3, 0.4) is 0 Å². The molecule has 0 radical (unpaired) electrons. The third-order valence-electron chi connectivity index (χ3n) is 4.24. The lowest BCUT2D eigenvalue weighted by atomic mass is 10.1. The number of aromatic hydroxyl groups is 1. The second-order valence-corrected chi connectivity index (χ2v) is 7.72. The highest BCUT2D eigenvalue weighted by Gasteiger charge is 2.12. The number of phenols is 1. The number of hydrogen-bond donors (Lipinski definition) is 1. The summed E-state index contributed by atoms with van der Waals surface area (Å²) in [6, 6.07) is 11.6. The molecule has 0 fully saturated rings. The van der Waals surface area contributed by atoms with Crippen LogP contribution in [0.25, 0.3) is 10.8 Å². The number of esters is 2. The van der Waals surface area contributed by atoms with Crippen molar-refractivity contribution < 1.29 is 33.4 Å². The SMILES string of the molecule is CC.CC(C)=O.CCCOC(C)=O.CCc1cccc(C(=O)OC)c1O.Cc1cc2cc(F)ccc2cn1. The van der Waals surface area contributed by atoms with E-state index in [1.165, 1.54) is 40.0 Å². The highest BCUT2D eigenvalue weighted by molar-refractivity contribution is 5.92. The number of hydrogen-bond acceptors (Lipinski definition) is 7. The van der Waals surface area contributed by atoms with Gasteiger partial charge in [0.1, 0.15) is 22.9 Å². The van der Waals surface area contributed by atoms with Crippen LogP contribution >= 0.6 is 0 Å². The lowest BCUT2D eigenvalue weighted by molar-refractivity contribution is -0.140. The Balaban J connectivity index is 0. The van der Waals surface area contributed by atoms with Crippen molar-refractivity contribution in [3.8, 4) is 5.75 Å². The van der Waals surface area contributed by atoms with Crippen LogP contribution in [-0.4, -0.2) is 41.5 Å². The number of Topliss-reactive ketones (excluding diaryl/α,β-unsaturated/α-hetero) is 1. The van der Waals surface area contributed by atoms with Crippen molar-refractivity contribution in [1.29, 1.82) is 0 Å². The number of ether oxygens (including phenoxy) is 2.